The zero-order valence-electron chi connectivity index (χ0n) is 26.6. The van der Waals surface area contributed by atoms with Gasteiger partial charge in [-0.15, -0.1) is 0 Å². The molecule has 244 valence electrons. The molecule has 0 aromatic heterocycles. The number of allylic oxidation sites excluding steroid dienone is 1. The molecule has 45 heavy (non-hydrogen) atoms. The Morgan fingerprint density at radius 3 is 2.33 bits per heavy atom. The average Bonchev–Trinajstić information content (AvgIpc) is 3.03. The molecule has 1 aliphatic heterocycles. The summed E-state index contributed by atoms with van der Waals surface area (Å²) in [6.45, 7) is 9.90. The van der Waals surface area contributed by atoms with E-state index in [1.54, 1.807) is 19.9 Å². The lowest BCUT2D eigenvalue weighted by atomic mass is 9.78. The molecule has 0 saturated carbocycles. The quantitative estimate of drug-likeness (QED) is 0.0627. The van der Waals surface area contributed by atoms with Crippen molar-refractivity contribution in [3.05, 3.63) is 87.1 Å². The van der Waals surface area contributed by atoms with Gasteiger partial charge in [-0.05, 0) is 26.5 Å². The molecule has 0 aliphatic carbocycles. The summed E-state index contributed by atoms with van der Waals surface area (Å²) in [4.78, 5) is 44.4. The van der Waals surface area contributed by atoms with Crippen LogP contribution in [0, 0.1) is 10.1 Å². The van der Waals surface area contributed by atoms with Crippen LogP contribution in [0.3, 0.4) is 0 Å². The van der Waals surface area contributed by atoms with Crippen molar-refractivity contribution in [2.75, 3.05) is 59.8 Å². The van der Waals surface area contributed by atoms with Crippen molar-refractivity contribution in [2.45, 2.75) is 39.8 Å². The summed E-state index contributed by atoms with van der Waals surface area (Å²) in [5.41, 5.74) is 0.290. The molecule has 3 rings (SSSR count). The van der Waals surface area contributed by atoms with Crippen LogP contribution in [-0.2, 0) is 40.7 Å². The molecule has 0 amide bonds. The number of carbonyl (C=O) groups is 1. The fourth-order valence-electron chi connectivity index (χ4n) is 5.12. The third kappa shape index (κ3) is 9.03. The number of esters is 1. The van der Waals surface area contributed by atoms with Crippen LogP contribution in [0.1, 0.15) is 38.8 Å². The maximum atomic E-state index is 14.2. The van der Waals surface area contributed by atoms with Gasteiger partial charge in [0.05, 0.1) is 33.2 Å². The Morgan fingerprint density at radius 1 is 1.00 bits per heavy atom. The molecule has 1 unspecified atom stereocenters. The number of ether oxygens (including phenoxy) is 4. The first-order valence-electron chi connectivity index (χ1n) is 14.9. The second-order valence-corrected chi connectivity index (χ2v) is 10.9. The molecule has 2 aromatic rings. The smallest absolute Gasteiger partial charge is 0.344 e. The Bertz CT molecular complexity index is 1400. The van der Waals surface area contributed by atoms with Crippen LogP contribution in [0.4, 0.5) is 5.69 Å². The van der Waals surface area contributed by atoms with E-state index in [0.717, 1.165) is 5.56 Å². The summed E-state index contributed by atoms with van der Waals surface area (Å²) in [6, 6.07) is 15.8. The van der Waals surface area contributed by atoms with Crippen LogP contribution < -0.4 is 0 Å². The summed E-state index contributed by atoms with van der Waals surface area (Å²) in [7, 11) is 1.69. The molecule has 0 bridgehead atoms. The predicted molar refractivity (Wildman–Crippen MR) is 171 cm³/mol. The molecule has 0 radical (unpaired) electrons. The van der Waals surface area contributed by atoms with Gasteiger partial charge >= 0.3 is 5.97 Å². The summed E-state index contributed by atoms with van der Waals surface area (Å²) >= 11 is 0. The third-order valence-corrected chi connectivity index (χ3v) is 8.01. The van der Waals surface area contributed by atoms with Gasteiger partial charge in [-0.25, -0.2) is 4.79 Å². The van der Waals surface area contributed by atoms with Crippen molar-refractivity contribution in [2.24, 2.45) is 0 Å². The average molecular weight is 645 g/mol. The van der Waals surface area contributed by atoms with Crippen molar-refractivity contribution >= 4 is 31.1 Å². The van der Waals surface area contributed by atoms with Crippen molar-refractivity contribution in [3.63, 3.8) is 0 Å². The number of benzene rings is 2. The Kier molecular flexibility index (Phi) is 14.3. The molecule has 0 spiro atoms. The third-order valence-electron chi connectivity index (χ3n) is 7.17. The molecule has 2 aromatic carbocycles. The largest absolute Gasteiger partial charge is 0.461 e. The van der Waals surface area contributed by atoms with E-state index in [-0.39, 0.29) is 57.0 Å². The lowest BCUT2D eigenvalue weighted by molar-refractivity contribution is -0.754. The summed E-state index contributed by atoms with van der Waals surface area (Å²) in [5.74, 6) is -0.712. The van der Waals surface area contributed by atoms with Crippen molar-refractivity contribution < 1.29 is 43.1 Å². The van der Waals surface area contributed by atoms with Crippen molar-refractivity contribution in [1.82, 2.24) is 4.90 Å². The zero-order valence-corrected chi connectivity index (χ0v) is 27.5. The number of nitro benzene ring substituents is 1. The van der Waals surface area contributed by atoms with E-state index < -0.39 is 16.5 Å². The van der Waals surface area contributed by atoms with Gasteiger partial charge in [-0.1, -0.05) is 42.5 Å². The second kappa shape index (κ2) is 17.8. The highest BCUT2D eigenvalue weighted by molar-refractivity contribution is 7.38. The molecule has 0 saturated heterocycles. The lowest BCUT2D eigenvalue weighted by Crippen LogP contribution is -2.52. The molecule has 13 heteroatoms. The lowest BCUT2D eigenvalue weighted by Gasteiger charge is -2.37. The number of non-ortho nitro benzene ring substituents is 1. The maximum absolute atomic E-state index is 14.2. The molecule has 1 aliphatic rings. The molecule has 1 heterocycles. The first-order valence-corrected chi connectivity index (χ1v) is 15.7. The summed E-state index contributed by atoms with van der Waals surface area (Å²) < 4.78 is 24.8. The number of hydrogen-bond donors (Lipinski definition) is 1. The highest BCUT2D eigenvalue weighted by atomic mass is 31.1. The van der Waals surface area contributed by atoms with E-state index in [0.29, 0.717) is 44.3 Å². The molecule has 1 N–H and O–H groups in total. The van der Waals surface area contributed by atoms with Crippen molar-refractivity contribution in [3.8, 4) is 0 Å². The van der Waals surface area contributed by atoms with Crippen molar-refractivity contribution in [1.29, 1.82) is 0 Å². The van der Waals surface area contributed by atoms with Crippen LogP contribution in [-0.4, -0.2) is 96.3 Å². The Labute approximate surface area is 265 Å². The fourth-order valence-corrected chi connectivity index (χ4v) is 5.80. The molecular weight excluding hydrogens is 601 g/mol. The van der Waals surface area contributed by atoms with Crippen LogP contribution in [0.5, 0.6) is 0 Å². The number of nitro groups is 1. The van der Waals surface area contributed by atoms with Gasteiger partial charge < -0.3 is 23.8 Å². The minimum Gasteiger partial charge on any atom is -0.461 e. The van der Waals surface area contributed by atoms with Gasteiger partial charge in [0.2, 0.25) is 11.4 Å². The van der Waals surface area contributed by atoms with Gasteiger partial charge in [0, 0.05) is 62.6 Å². The van der Waals surface area contributed by atoms with E-state index in [1.807, 2.05) is 56.1 Å². The number of likely N-dealkylation sites (N-methyl/N-ethyl adjacent to an activating group) is 1. The van der Waals surface area contributed by atoms with Gasteiger partial charge in [0.1, 0.15) is 17.5 Å². The van der Waals surface area contributed by atoms with E-state index in [1.165, 1.54) is 22.9 Å². The highest BCUT2D eigenvalue weighted by Gasteiger charge is 2.56. The molecule has 12 nitrogen and oxygen atoms in total. The Morgan fingerprint density at radius 2 is 1.69 bits per heavy atom. The van der Waals surface area contributed by atoms with Gasteiger partial charge in [-0.2, -0.15) is 0 Å². The number of carbonyl (C=O) groups excluding carboxylic acids is 1. The van der Waals surface area contributed by atoms with E-state index in [9.17, 15) is 19.8 Å². The number of rotatable bonds is 18. The van der Waals surface area contributed by atoms with Crippen LogP contribution >= 0.6 is 8.43 Å². The summed E-state index contributed by atoms with van der Waals surface area (Å²) in [6.07, 6.45) is 0. The van der Waals surface area contributed by atoms with E-state index in [4.69, 9.17) is 23.8 Å². The summed E-state index contributed by atoms with van der Waals surface area (Å²) in [5, 5.41) is 12.1. The van der Waals surface area contributed by atoms with Crippen LogP contribution in [0.25, 0.3) is 0 Å². The predicted octanol–water partition coefficient (Wildman–Crippen LogP) is 4.27. The first-order chi connectivity index (χ1) is 21.7. The molecular formula is C32H43N3O9P+. The minimum absolute atomic E-state index is 0.0118. The standard InChI is InChI=1S/C32H42N3O9P/c1-6-40-18-20-43-32(27-14-11-15-28(22-27)35(37)38)29(24(3)34(25(4)30(32)45-39)44-21-19-41-7-2)31(36)42-17-16-33(5)23-26-12-9-8-10-13-26/h8-15,22H,6-7,16-21,23H2,1-5H3/p+1. The number of hydrogen-bond acceptors (Lipinski definition) is 10. The van der Waals surface area contributed by atoms with E-state index >= 15 is 0 Å². The highest BCUT2D eigenvalue weighted by Crippen LogP contribution is 2.43. The topological polar surface area (TPSA) is 133 Å². The maximum Gasteiger partial charge on any atom is 0.344 e. The number of hydroxylamine groups is 1. The number of nitrogens with zero attached hydrogens (tertiary/aromatic N) is 3. The SMILES string of the molecule is CCOCCO[N+]1=C(C)C(=PO)C(OCCOCC)(c2cccc([N+](=O)[O-])c2)C(C(=O)OCCN(C)Cc2ccccc2)=C1C. The minimum atomic E-state index is -1.75. The van der Waals surface area contributed by atoms with Gasteiger partial charge in [0.25, 0.3) is 5.69 Å². The van der Waals surface area contributed by atoms with Crippen LogP contribution in [0.2, 0.25) is 0 Å². The molecule has 1 atom stereocenters. The van der Waals surface area contributed by atoms with E-state index in [2.05, 4.69) is 0 Å². The van der Waals surface area contributed by atoms with Crippen LogP contribution in [0.15, 0.2) is 65.9 Å². The second-order valence-electron chi connectivity index (χ2n) is 10.2. The fraction of sp³-hybridized carbons (Fsp3) is 0.469. The normalized spacial score (nSPS) is 17.7. The monoisotopic (exact) mass is 644 g/mol. The van der Waals surface area contributed by atoms with Gasteiger partial charge in [0.15, 0.2) is 12.2 Å². The Hall–Kier alpha value is -3.51. The molecule has 0 fully saturated rings. The zero-order chi connectivity index (χ0) is 32.8. The van der Waals surface area contributed by atoms with Gasteiger partial charge in [-0.3, -0.25) is 19.9 Å². The Balaban J connectivity index is 2.09. The first kappa shape index (κ1) is 36.0.